The molecule has 2 fully saturated rings. The van der Waals surface area contributed by atoms with E-state index in [4.69, 9.17) is 16.3 Å². The van der Waals surface area contributed by atoms with E-state index in [9.17, 15) is 14.4 Å². The zero-order valence-electron chi connectivity index (χ0n) is 16.5. The predicted octanol–water partition coefficient (Wildman–Crippen LogP) is 4.04. The van der Waals surface area contributed by atoms with Gasteiger partial charge in [0.2, 0.25) is 5.91 Å². The minimum absolute atomic E-state index is 0.191. The summed E-state index contributed by atoms with van der Waals surface area (Å²) in [6.07, 6.45) is 1.76. The number of halogens is 1. The molecule has 3 amide bonds. The van der Waals surface area contributed by atoms with Gasteiger partial charge in [-0.1, -0.05) is 11.6 Å². The van der Waals surface area contributed by atoms with E-state index in [1.54, 1.807) is 17.0 Å². The SMILES string of the molecule is Cc1sc(N2C[C@H](CNC(=O)c3ccc(Cl)s3)OC2=O)cc1CN1CCCCC1=O. The summed E-state index contributed by atoms with van der Waals surface area (Å²) >= 11 is 8.59. The average Bonchev–Trinajstić information content (AvgIpc) is 3.41. The molecule has 10 heteroatoms. The molecule has 2 aromatic heterocycles. The number of carbonyl (C=O) groups is 3. The lowest BCUT2D eigenvalue weighted by molar-refractivity contribution is -0.133. The highest BCUT2D eigenvalue weighted by molar-refractivity contribution is 7.18. The first kappa shape index (κ1) is 21.1. The Morgan fingerprint density at radius 2 is 2.13 bits per heavy atom. The molecule has 1 atom stereocenters. The van der Waals surface area contributed by atoms with Crippen LogP contribution in [0.25, 0.3) is 0 Å². The van der Waals surface area contributed by atoms with Crippen LogP contribution in [0.3, 0.4) is 0 Å². The second-order valence-corrected chi connectivity index (χ2v) is 10.3. The first-order valence-electron chi connectivity index (χ1n) is 9.79. The zero-order chi connectivity index (χ0) is 21.3. The van der Waals surface area contributed by atoms with E-state index >= 15 is 0 Å². The van der Waals surface area contributed by atoms with E-state index in [0.717, 1.165) is 34.8 Å². The predicted molar refractivity (Wildman–Crippen MR) is 118 cm³/mol. The number of nitrogens with one attached hydrogen (secondary N) is 1. The van der Waals surface area contributed by atoms with Crippen LogP contribution in [0.4, 0.5) is 9.80 Å². The Morgan fingerprint density at radius 3 is 2.87 bits per heavy atom. The van der Waals surface area contributed by atoms with Crippen molar-refractivity contribution in [2.45, 2.75) is 38.8 Å². The third kappa shape index (κ3) is 4.63. The molecule has 1 N–H and O–H groups in total. The number of aryl methyl sites for hydroxylation is 1. The molecule has 2 aliphatic rings. The fourth-order valence-corrected chi connectivity index (χ4v) is 5.55. The molecule has 0 saturated carbocycles. The van der Waals surface area contributed by atoms with Gasteiger partial charge in [-0.05, 0) is 43.5 Å². The number of thiophene rings is 2. The van der Waals surface area contributed by atoms with Crippen LogP contribution < -0.4 is 10.2 Å². The van der Waals surface area contributed by atoms with Crippen molar-refractivity contribution in [2.24, 2.45) is 0 Å². The molecular weight excluding hydrogens is 446 g/mol. The van der Waals surface area contributed by atoms with Gasteiger partial charge in [0, 0.05) is 24.4 Å². The van der Waals surface area contributed by atoms with Gasteiger partial charge in [-0.3, -0.25) is 14.5 Å². The topological polar surface area (TPSA) is 79.0 Å². The molecule has 4 rings (SSSR count). The third-order valence-corrected chi connectivity index (χ3v) is 7.56. The Morgan fingerprint density at radius 1 is 1.30 bits per heavy atom. The number of nitrogens with zero attached hydrogens (tertiary/aromatic N) is 2. The number of anilines is 1. The summed E-state index contributed by atoms with van der Waals surface area (Å²) in [6.45, 7) is 3.96. The Balaban J connectivity index is 1.36. The lowest BCUT2D eigenvalue weighted by Gasteiger charge is -2.26. The minimum atomic E-state index is -0.425. The molecule has 4 heterocycles. The van der Waals surface area contributed by atoms with Crippen molar-refractivity contribution in [3.8, 4) is 0 Å². The highest BCUT2D eigenvalue weighted by Crippen LogP contribution is 2.33. The standard InChI is InChI=1S/C20H22ClN3O4S2/c1-12-13(10-23-7-3-2-4-17(23)25)8-18(29-12)24-11-14(28-20(24)27)9-22-19(26)15-5-6-16(21)30-15/h5-6,8,14H,2-4,7,9-11H2,1H3,(H,22,26)/t14-/m0/s1. The van der Waals surface area contributed by atoms with Crippen molar-refractivity contribution in [1.29, 1.82) is 0 Å². The molecule has 160 valence electrons. The Bertz CT molecular complexity index is 973. The lowest BCUT2D eigenvalue weighted by atomic mass is 10.1. The fourth-order valence-electron chi connectivity index (χ4n) is 3.56. The highest BCUT2D eigenvalue weighted by Gasteiger charge is 2.34. The van der Waals surface area contributed by atoms with Gasteiger partial charge >= 0.3 is 6.09 Å². The molecule has 2 aromatic rings. The largest absolute Gasteiger partial charge is 0.442 e. The van der Waals surface area contributed by atoms with E-state index in [1.165, 1.54) is 22.7 Å². The number of rotatable bonds is 6. The van der Waals surface area contributed by atoms with Crippen LogP contribution in [0.5, 0.6) is 0 Å². The van der Waals surface area contributed by atoms with Gasteiger partial charge in [0.15, 0.2) is 0 Å². The van der Waals surface area contributed by atoms with Crippen molar-refractivity contribution in [3.63, 3.8) is 0 Å². The van der Waals surface area contributed by atoms with E-state index in [2.05, 4.69) is 5.32 Å². The third-order valence-electron chi connectivity index (χ3n) is 5.22. The molecule has 0 spiro atoms. The lowest BCUT2D eigenvalue weighted by Crippen LogP contribution is -2.34. The molecule has 0 aliphatic carbocycles. The van der Waals surface area contributed by atoms with Crippen molar-refractivity contribution >= 4 is 57.2 Å². The monoisotopic (exact) mass is 467 g/mol. The summed E-state index contributed by atoms with van der Waals surface area (Å²) in [6, 6.07) is 5.31. The van der Waals surface area contributed by atoms with E-state index in [-0.39, 0.29) is 18.4 Å². The van der Waals surface area contributed by atoms with E-state index in [1.807, 2.05) is 17.9 Å². The first-order valence-corrected chi connectivity index (χ1v) is 11.8. The van der Waals surface area contributed by atoms with Gasteiger partial charge in [0.05, 0.1) is 22.3 Å². The number of likely N-dealkylation sites (tertiary alicyclic amines) is 1. The van der Waals surface area contributed by atoms with Gasteiger partial charge in [-0.25, -0.2) is 4.79 Å². The molecule has 0 bridgehead atoms. The molecule has 2 aliphatic heterocycles. The van der Waals surface area contributed by atoms with Crippen LogP contribution in [0, 0.1) is 6.92 Å². The Labute approximate surface area is 187 Å². The van der Waals surface area contributed by atoms with Crippen LogP contribution in [0.15, 0.2) is 18.2 Å². The van der Waals surface area contributed by atoms with Gasteiger partial charge in [-0.2, -0.15) is 0 Å². The molecule has 7 nitrogen and oxygen atoms in total. The van der Waals surface area contributed by atoms with Crippen LogP contribution in [0.1, 0.15) is 39.4 Å². The van der Waals surface area contributed by atoms with Crippen molar-refractivity contribution in [3.05, 3.63) is 37.9 Å². The maximum absolute atomic E-state index is 12.4. The number of piperidine rings is 1. The number of cyclic esters (lactones) is 1. The van der Waals surface area contributed by atoms with Gasteiger partial charge in [0.25, 0.3) is 5.91 Å². The minimum Gasteiger partial charge on any atom is -0.442 e. The number of hydrogen-bond acceptors (Lipinski definition) is 6. The van der Waals surface area contributed by atoms with Crippen LogP contribution in [-0.4, -0.2) is 48.5 Å². The summed E-state index contributed by atoms with van der Waals surface area (Å²) in [5, 5.41) is 3.59. The van der Waals surface area contributed by atoms with Crippen molar-refractivity contribution < 1.29 is 19.1 Å². The smallest absolute Gasteiger partial charge is 0.415 e. The molecule has 0 radical (unpaired) electrons. The number of amides is 3. The maximum Gasteiger partial charge on any atom is 0.415 e. The van der Waals surface area contributed by atoms with Crippen LogP contribution >= 0.6 is 34.3 Å². The number of hydrogen-bond donors (Lipinski definition) is 1. The molecule has 2 saturated heterocycles. The van der Waals surface area contributed by atoms with E-state index in [0.29, 0.717) is 28.7 Å². The molecule has 30 heavy (non-hydrogen) atoms. The quantitative estimate of drug-likeness (QED) is 0.695. The van der Waals surface area contributed by atoms with Gasteiger partial charge < -0.3 is 15.0 Å². The fraction of sp³-hybridized carbons (Fsp3) is 0.450. The Kier molecular flexibility index (Phi) is 6.31. The number of carbonyl (C=O) groups excluding carboxylic acids is 3. The van der Waals surface area contributed by atoms with Crippen molar-refractivity contribution in [2.75, 3.05) is 24.5 Å². The summed E-state index contributed by atoms with van der Waals surface area (Å²) in [4.78, 5) is 41.7. The summed E-state index contributed by atoms with van der Waals surface area (Å²) < 4.78 is 5.98. The molecule has 0 aromatic carbocycles. The average molecular weight is 468 g/mol. The first-order chi connectivity index (χ1) is 14.4. The van der Waals surface area contributed by atoms with Crippen LogP contribution in [0.2, 0.25) is 4.34 Å². The normalized spacial score (nSPS) is 19.3. The number of ether oxygens (including phenoxy) is 1. The molecule has 0 unspecified atom stereocenters. The van der Waals surface area contributed by atoms with Crippen LogP contribution in [-0.2, 0) is 16.1 Å². The van der Waals surface area contributed by atoms with E-state index < -0.39 is 12.2 Å². The van der Waals surface area contributed by atoms with Gasteiger partial charge in [-0.15, -0.1) is 22.7 Å². The summed E-state index contributed by atoms with van der Waals surface area (Å²) in [7, 11) is 0. The highest BCUT2D eigenvalue weighted by atomic mass is 35.5. The summed E-state index contributed by atoms with van der Waals surface area (Å²) in [5.74, 6) is -0.0429. The maximum atomic E-state index is 12.4. The summed E-state index contributed by atoms with van der Waals surface area (Å²) in [5.41, 5.74) is 1.06. The zero-order valence-corrected chi connectivity index (χ0v) is 18.9. The Hall–Kier alpha value is -2.10. The van der Waals surface area contributed by atoms with Crippen molar-refractivity contribution in [1.82, 2.24) is 10.2 Å². The second-order valence-electron chi connectivity index (χ2n) is 7.37. The second kappa shape index (κ2) is 8.95. The molecular formula is C20H22ClN3O4S2. The van der Waals surface area contributed by atoms with Gasteiger partial charge in [0.1, 0.15) is 11.1 Å².